The van der Waals surface area contributed by atoms with Gasteiger partial charge in [0.05, 0.1) is 18.8 Å². The van der Waals surface area contributed by atoms with Crippen LogP contribution >= 0.6 is 0 Å². The van der Waals surface area contributed by atoms with E-state index in [9.17, 15) is 15.0 Å². The van der Waals surface area contributed by atoms with E-state index < -0.39 is 12.2 Å². The normalized spacial score (nSPS) is 22.9. The molecule has 110 valence electrons. The second kappa shape index (κ2) is 6.24. The van der Waals surface area contributed by atoms with E-state index in [0.29, 0.717) is 18.9 Å². The second-order valence-corrected chi connectivity index (χ2v) is 5.58. The molecule has 1 heterocycles. The van der Waals surface area contributed by atoms with Crippen LogP contribution in [-0.4, -0.2) is 46.4 Å². The molecule has 1 aromatic carbocycles. The predicted octanol–water partition coefficient (Wildman–Crippen LogP) is 1.77. The first-order chi connectivity index (χ1) is 9.47. The number of likely N-dealkylation sites (tertiary alicyclic amines) is 1. The summed E-state index contributed by atoms with van der Waals surface area (Å²) in [5, 5.41) is 21.8. The van der Waals surface area contributed by atoms with Crippen LogP contribution in [0.15, 0.2) is 24.3 Å². The van der Waals surface area contributed by atoms with Crippen molar-refractivity contribution in [1.82, 2.24) is 4.90 Å². The molecule has 0 bridgehead atoms. The number of hydrogen-bond acceptors (Lipinski definition) is 3. The molecule has 2 rings (SSSR count). The van der Waals surface area contributed by atoms with Gasteiger partial charge in [-0.1, -0.05) is 26.0 Å². The molecule has 1 saturated heterocycles. The van der Waals surface area contributed by atoms with Crippen LogP contribution in [0.2, 0.25) is 0 Å². The highest BCUT2D eigenvalue weighted by molar-refractivity contribution is 5.89. The quantitative estimate of drug-likeness (QED) is 0.772. The van der Waals surface area contributed by atoms with Crippen LogP contribution in [0, 0.1) is 0 Å². The summed E-state index contributed by atoms with van der Waals surface area (Å²) in [5.41, 5.74) is 1.96. The Morgan fingerprint density at radius 3 is 2.45 bits per heavy atom. The van der Waals surface area contributed by atoms with Gasteiger partial charge in [-0.05, 0) is 30.0 Å². The van der Waals surface area contributed by atoms with Gasteiger partial charge in [-0.15, -0.1) is 0 Å². The van der Waals surface area contributed by atoms with E-state index in [0.717, 1.165) is 5.69 Å². The number of β-amino-alcohol motifs (C(OH)–C–C–N with tert-alkyl or cyclic N) is 1. The zero-order valence-electron chi connectivity index (χ0n) is 11.9. The summed E-state index contributed by atoms with van der Waals surface area (Å²) >= 11 is 0. The van der Waals surface area contributed by atoms with E-state index in [1.165, 1.54) is 10.5 Å². The molecule has 2 amide bonds. The van der Waals surface area contributed by atoms with E-state index in [1.807, 2.05) is 24.3 Å². The molecule has 20 heavy (non-hydrogen) atoms. The lowest BCUT2D eigenvalue weighted by atomic mass is 10.0. The minimum atomic E-state index is -0.863. The van der Waals surface area contributed by atoms with Crippen molar-refractivity contribution in [3.05, 3.63) is 29.8 Å². The van der Waals surface area contributed by atoms with E-state index >= 15 is 0 Å². The second-order valence-electron chi connectivity index (χ2n) is 5.58. The fraction of sp³-hybridized carbons (Fsp3) is 0.533. The van der Waals surface area contributed by atoms with Crippen molar-refractivity contribution in [2.45, 2.75) is 38.4 Å². The molecule has 0 aromatic heterocycles. The van der Waals surface area contributed by atoms with Crippen LogP contribution in [0.3, 0.4) is 0 Å². The van der Waals surface area contributed by atoms with E-state index in [4.69, 9.17) is 0 Å². The SMILES string of the molecule is CC(C)c1ccc(NC(=O)N2CC[C@H](O)[C@@H](O)C2)cc1. The zero-order valence-corrected chi connectivity index (χ0v) is 11.9. The molecular weight excluding hydrogens is 256 g/mol. The Bertz CT molecular complexity index is 459. The standard InChI is InChI=1S/C15H22N2O3/c1-10(2)11-3-5-12(6-4-11)16-15(20)17-8-7-13(18)14(19)9-17/h3-6,10,13-14,18-19H,7-9H2,1-2H3,(H,16,20)/t13-,14-/m0/s1. The lowest BCUT2D eigenvalue weighted by Gasteiger charge is -2.33. The van der Waals surface area contributed by atoms with Gasteiger partial charge in [0.2, 0.25) is 0 Å². The molecule has 5 nitrogen and oxygen atoms in total. The minimum absolute atomic E-state index is 0.164. The summed E-state index contributed by atoms with van der Waals surface area (Å²) in [6, 6.07) is 7.50. The fourth-order valence-electron chi connectivity index (χ4n) is 2.26. The number of piperidine rings is 1. The maximum atomic E-state index is 12.1. The van der Waals surface area contributed by atoms with Gasteiger partial charge in [0.25, 0.3) is 0 Å². The van der Waals surface area contributed by atoms with Crippen LogP contribution in [0.4, 0.5) is 10.5 Å². The first kappa shape index (κ1) is 14.8. The maximum absolute atomic E-state index is 12.1. The molecule has 2 atom stereocenters. The summed E-state index contributed by atoms with van der Waals surface area (Å²) in [6.45, 7) is 4.85. The number of carbonyl (C=O) groups excluding carboxylic acids is 1. The fourth-order valence-corrected chi connectivity index (χ4v) is 2.26. The molecule has 0 radical (unpaired) electrons. The molecule has 1 aromatic rings. The maximum Gasteiger partial charge on any atom is 0.321 e. The Morgan fingerprint density at radius 1 is 1.25 bits per heavy atom. The molecule has 3 N–H and O–H groups in total. The summed E-state index contributed by atoms with van der Waals surface area (Å²) < 4.78 is 0. The average molecular weight is 278 g/mol. The summed E-state index contributed by atoms with van der Waals surface area (Å²) in [4.78, 5) is 13.6. The number of hydrogen-bond donors (Lipinski definition) is 3. The molecule has 0 spiro atoms. The van der Waals surface area contributed by atoms with Gasteiger partial charge in [0.15, 0.2) is 0 Å². The lowest BCUT2D eigenvalue weighted by molar-refractivity contribution is -0.0263. The van der Waals surface area contributed by atoms with Crippen LogP contribution in [0.1, 0.15) is 31.7 Å². The van der Waals surface area contributed by atoms with E-state index in [-0.39, 0.29) is 12.6 Å². The van der Waals surface area contributed by atoms with Crippen molar-refractivity contribution in [1.29, 1.82) is 0 Å². The van der Waals surface area contributed by atoms with Crippen molar-refractivity contribution < 1.29 is 15.0 Å². The molecule has 5 heteroatoms. The Morgan fingerprint density at radius 2 is 1.90 bits per heavy atom. The molecular formula is C15H22N2O3. The monoisotopic (exact) mass is 278 g/mol. The highest BCUT2D eigenvalue weighted by Gasteiger charge is 2.28. The Balaban J connectivity index is 1.94. The van der Waals surface area contributed by atoms with Crippen LogP contribution in [-0.2, 0) is 0 Å². The van der Waals surface area contributed by atoms with Crippen molar-refractivity contribution in [3.63, 3.8) is 0 Å². The third-order valence-corrected chi connectivity index (χ3v) is 3.66. The predicted molar refractivity (Wildman–Crippen MR) is 77.8 cm³/mol. The van der Waals surface area contributed by atoms with Crippen molar-refractivity contribution in [3.8, 4) is 0 Å². The van der Waals surface area contributed by atoms with Gasteiger partial charge in [0.1, 0.15) is 0 Å². The number of aliphatic hydroxyl groups is 2. The van der Waals surface area contributed by atoms with Crippen molar-refractivity contribution >= 4 is 11.7 Å². The number of nitrogens with one attached hydrogen (secondary N) is 1. The van der Waals surface area contributed by atoms with Crippen LogP contribution in [0.25, 0.3) is 0 Å². The number of urea groups is 1. The minimum Gasteiger partial charge on any atom is -0.390 e. The van der Waals surface area contributed by atoms with Gasteiger partial charge in [-0.25, -0.2) is 4.79 Å². The van der Waals surface area contributed by atoms with Gasteiger partial charge >= 0.3 is 6.03 Å². The number of aliphatic hydroxyl groups excluding tert-OH is 2. The number of nitrogens with zero attached hydrogens (tertiary/aromatic N) is 1. The third-order valence-electron chi connectivity index (χ3n) is 3.66. The van der Waals surface area contributed by atoms with Crippen molar-refractivity contribution in [2.75, 3.05) is 18.4 Å². The number of carbonyl (C=O) groups is 1. The van der Waals surface area contributed by atoms with Crippen LogP contribution in [0.5, 0.6) is 0 Å². The number of rotatable bonds is 2. The lowest BCUT2D eigenvalue weighted by Crippen LogP contribution is -2.50. The molecule has 1 fully saturated rings. The first-order valence-electron chi connectivity index (χ1n) is 6.99. The molecule has 1 aliphatic rings. The number of amides is 2. The molecule has 1 aliphatic heterocycles. The Labute approximate surface area is 119 Å². The highest BCUT2D eigenvalue weighted by atomic mass is 16.3. The Hall–Kier alpha value is -1.59. The summed E-state index contributed by atoms with van der Waals surface area (Å²) in [5.74, 6) is 0.457. The summed E-state index contributed by atoms with van der Waals surface area (Å²) in [7, 11) is 0. The first-order valence-corrected chi connectivity index (χ1v) is 6.99. The van der Waals surface area contributed by atoms with Gasteiger partial charge < -0.3 is 20.4 Å². The zero-order chi connectivity index (χ0) is 14.7. The smallest absolute Gasteiger partial charge is 0.321 e. The topological polar surface area (TPSA) is 72.8 Å². The van der Waals surface area contributed by atoms with Gasteiger partial charge in [0, 0.05) is 12.2 Å². The van der Waals surface area contributed by atoms with Gasteiger partial charge in [-0.2, -0.15) is 0 Å². The molecule has 0 unspecified atom stereocenters. The van der Waals surface area contributed by atoms with E-state index in [1.54, 1.807) is 0 Å². The molecule has 0 aliphatic carbocycles. The van der Waals surface area contributed by atoms with Crippen molar-refractivity contribution in [2.24, 2.45) is 0 Å². The largest absolute Gasteiger partial charge is 0.390 e. The summed E-state index contributed by atoms with van der Waals surface area (Å²) in [6.07, 6.45) is -1.19. The Kier molecular flexibility index (Phi) is 4.62. The van der Waals surface area contributed by atoms with E-state index in [2.05, 4.69) is 19.2 Å². The highest BCUT2D eigenvalue weighted by Crippen LogP contribution is 2.18. The number of benzene rings is 1. The van der Waals surface area contributed by atoms with Gasteiger partial charge in [-0.3, -0.25) is 0 Å². The van der Waals surface area contributed by atoms with Crippen LogP contribution < -0.4 is 5.32 Å². The number of anilines is 1. The average Bonchev–Trinajstić information content (AvgIpc) is 2.42. The molecule has 0 saturated carbocycles. The third kappa shape index (κ3) is 3.49.